The molecule has 1 aromatic heterocycles. The Balaban J connectivity index is 1.55. The van der Waals surface area contributed by atoms with Crippen LogP contribution >= 0.6 is 11.8 Å². The molecule has 2 nitrogen and oxygen atoms in total. The van der Waals surface area contributed by atoms with E-state index in [0.29, 0.717) is 18.1 Å². The third-order valence-corrected chi connectivity index (χ3v) is 7.14. The van der Waals surface area contributed by atoms with E-state index in [2.05, 4.69) is 34.9 Å². The lowest BCUT2D eigenvalue weighted by Gasteiger charge is -2.23. The van der Waals surface area contributed by atoms with Crippen molar-refractivity contribution in [1.29, 1.82) is 0 Å². The summed E-state index contributed by atoms with van der Waals surface area (Å²) in [7, 11) is 0. The molecule has 1 fully saturated rings. The van der Waals surface area contributed by atoms with E-state index in [1.54, 1.807) is 6.07 Å². The number of ether oxygens (including phenoxy) is 1. The second-order valence-corrected chi connectivity index (χ2v) is 9.44. The largest absolute Gasteiger partial charge is 0.489 e. The molecule has 1 aliphatic heterocycles. The Hall–Kier alpha value is -2.72. The van der Waals surface area contributed by atoms with Crippen LogP contribution in [0.1, 0.15) is 35.6 Å². The van der Waals surface area contributed by atoms with Gasteiger partial charge in [0.1, 0.15) is 18.2 Å². The van der Waals surface area contributed by atoms with Crippen LogP contribution in [0.15, 0.2) is 72.8 Å². The van der Waals surface area contributed by atoms with Crippen molar-refractivity contribution >= 4 is 22.7 Å². The molecule has 0 unspecified atom stereocenters. The average molecular weight is 432 g/mol. The molecule has 2 heterocycles. The zero-order chi connectivity index (χ0) is 21.2. The molecule has 0 bridgehead atoms. The second kappa shape index (κ2) is 8.80. The number of benzene rings is 3. The SMILES string of the molecule is Cc1cc(-n2c(C3CCSCC3)cc3cc(OCc4ccccc4)ccc32)ccc1F. The van der Waals surface area contributed by atoms with Crippen molar-refractivity contribution in [3.05, 3.63) is 95.4 Å². The van der Waals surface area contributed by atoms with E-state index in [9.17, 15) is 4.39 Å². The van der Waals surface area contributed by atoms with Gasteiger partial charge in [-0.05, 0) is 84.9 Å². The maximum atomic E-state index is 14.0. The van der Waals surface area contributed by atoms with Gasteiger partial charge in [0.15, 0.2) is 0 Å². The first kappa shape index (κ1) is 20.2. The first-order chi connectivity index (χ1) is 15.2. The van der Waals surface area contributed by atoms with Crippen molar-refractivity contribution in [2.45, 2.75) is 32.3 Å². The summed E-state index contributed by atoms with van der Waals surface area (Å²) in [5.41, 5.74) is 5.32. The number of nitrogens with zero attached hydrogens (tertiary/aromatic N) is 1. The topological polar surface area (TPSA) is 14.2 Å². The molecule has 0 amide bonds. The lowest BCUT2D eigenvalue weighted by molar-refractivity contribution is 0.306. The van der Waals surface area contributed by atoms with Crippen LogP contribution in [-0.4, -0.2) is 16.1 Å². The first-order valence-electron chi connectivity index (χ1n) is 10.9. The molecule has 0 atom stereocenters. The minimum absolute atomic E-state index is 0.160. The van der Waals surface area contributed by atoms with Gasteiger partial charge in [0, 0.05) is 22.7 Å². The number of halogens is 1. The van der Waals surface area contributed by atoms with Gasteiger partial charge in [-0.15, -0.1) is 0 Å². The normalized spacial score (nSPS) is 14.8. The average Bonchev–Trinajstić information content (AvgIpc) is 3.19. The van der Waals surface area contributed by atoms with Gasteiger partial charge in [-0.3, -0.25) is 0 Å². The molecule has 4 aromatic rings. The van der Waals surface area contributed by atoms with Crippen LogP contribution in [0.25, 0.3) is 16.6 Å². The van der Waals surface area contributed by atoms with E-state index in [4.69, 9.17) is 4.74 Å². The predicted molar refractivity (Wildman–Crippen MR) is 128 cm³/mol. The van der Waals surface area contributed by atoms with Gasteiger partial charge in [0.25, 0.3) is 0 Å². The number of rotatable bonds is 5. The molecule has 0 N–H and O–H groups in total. The summed E-state index contributed by atoms with van der Waals surface area (Å²) in [6.45, 7) is 2.38. The van der Waals surface area contributed by atoms with Crippen molar-refractivity contribution < 1.29 is 9.13 Å². The molecular formula is C27H26FNOS. The zero-order valence-corrected chi connectivity index (χ0v) is 18.5. The van der Waals surface area contributed by atoms with Gasteiger partial charge in [-0.25, -0.2) is 4.39 Å². The fourth-order valence-corrected chi connectivity index (χ4v) is 5.50. The highest BCUT2D eigenvalue weighted by Crippen LogP contribution is 2.38. The van der Waals surface area contributed by atoms with Crippen molar-refractivity contribution in [1.82, 2.24) is 4.57 Å². The van der Waals surface area contributed by atoms with Crippen LogP contribution in [0, 0.1) is 12.7 Å². The Morgan fingerprint density at radius 3 is 2.55 bits per heavy atom. The molecule has 5 rings (SSSR count). The van der Waals surface area contributed by atoms with Crippen molar-refractivity contribution in [3.63, 3.8) is 0 Å². The zero-order valence-electron chi connectivity index (χ0n) is 17.7. The Morgan fingerprint density at radius 2 is 1.77 bits per heavy atom. The van der Waals surface area contributed by atoms with E-state index in [1.807, 2.05) is 55.1 Å². The molecule has 0 saturated carbocycles. The van der Waals surface area contributed by atoms with E-state index in [0.717, 1.165) is 22.5 Å². The second-order valence-electron chi connectivity index (χ2n) is 8.22. The molecule has 0 spiro atoms. The van der Waals surface area contributed by atoms with E-state index in [1.165, 1.54) is 35.4 Å². The highest BCUT2D eigenvalue weighted by atomic mass is 32.2. The van der Waals surface area contributed by atoms with Gasteiger partial charge in [0.05, 0.1) is 5.52 Å². The minimum Gasteiger partial charge on any atom is -0.489 e. The number of aromatic nitrogens is 1. The van der Waals surface area contributed by atoms with E-state index in [-0.39, 0.29) is 5.82 Å². The molecule has 0 radical (unpaired) electrons. The Kier molecular flexibility index (Phi) is 5.73. The Bertz CT molecular complexity index is 1190. The van der Waals surface area contributed by atoms with Crippen LogP contribution in [-0.2, 0) is 6.61 Å². The van der Waals surface area contributed by atoms with Crippen LogP contribution in [0.5, 0.6) is 5.75 Å². The Labute approximate surface area is 187 Å². The summed E-state index contributed by atoms with van der Waals surface area (Å²) >= 11 is 2.03. The highest BCUT2D eigenvalue weighted by molar-refractivity contribution is 7.99. The summed E-state index contributed by atoms with van der Waals surface area (Å²) in [4.78, 5) is 0. The van der Waals surface area contributed by atoms with Crippen molar-refractivity contribution in [3.8, 4) is 11.4 Å². The summed E-state index contributed by atoms with van der Waals surface area (Å²) in [5, 5.41) is 1.17. The highest BCUT2D eigenvalue weighted by Gasteiger charge is 2.22. The van der Waals surface area contributed by atoms with Gasteiger partial charge >= 0.3 is 0 Å². The molecule has 4 heteroatoms. The molecule has 158 valence electrons. The summed E-state index contributed by atoms with van der Waals surface area (Å²) in [6.07, 6.45) is 2.36. The standard InChI is InChI=1S/C27H26FNOS/c1-19-15-23(7-9-25(19)28)29-26-10-8-24(30-18-20-5-3-2-4-6-20)16-22(26)17-27(29)21-11-13-31-14-12-21/h2-10,15-17,21H,11-14,18H2,1H3. The molecule has 0 aliphatic carbocycles. The molecule has 3 aromatic carbocycles. The summed E-state index contributed by atoms with van der Waals surface area (Å²) < 4.78 is 22.4. The van der Waals surface area contributed by atoms with E-state index >= 15 is 0 Å². The van der Waals surface area contributed by atoms with E-state index < -0.39 is 0 Å². The number of thioether (sulfide) groups is 1. The molecule has 1 saturated heterocycles. The first-order valence-corrected chi connectivity index (χ1v) is 12.0. The van der Waals surface area contributed by atoms with Crippen LogP contribution < -0.4 is 4.74 Å². The monoisotopic (exact) mass is 431 g/mol. The minimum atomic E-state index is -0.160. The molecular weight excluding hydrogens is 405 g/mol. The third-order valence-electron chi connectivity index (χ3n) is 6.09. The van der Waals surface area contributed by atoms with Gasteiger partial charge < -0.3 is 9.30 Å². The number of fused-ring (bicyclic) bond motifs is 1. The van der Waals surface area contributed by atoms with Gasteiger partial charge in [0.2, 0.25) is 0 Å². The number of hydrogen-bond acceptors (Lipinski definition) is 2. The smallest absolute Gasteiger partial charge is 0.126 e. The fourth-order valence-electron chi connectivity index (χ4n) is 4.40. The lowest BCUT2D eigenvalue weighted by atomic mass is 9.98. The van der Waals surface area contributed by atoms with Crippen molar-refractivity contribution in [2.24, 2.45) is 0 Å². The molecule has 1 aliphatic rings. The Morgan fingerprint density at radius 1 is 0.968 bits per heavy atom. The predicted octanol–water partition coefficient (Wildman–Crippen LogP) is 7.27. The van der Waals surface area contributed by atoms with Gasteiger partial charge in [-0.1, -0.05) is 30.3 Å². The fraction of sp³-hybridized carbons (Fsp3) is 0.259. The van der Waals surface area contributed by atoms with Crippen molar-refractivity contribution in [2.75, 3.05) is 11.5 Å². The lowest BCUT2D eigenvalue weighted by Crippen LogP contribution is -2.12. The van der Waals surface area contributed by atoms with Crippen LogP contribution in [0.2, 0.25) is 0 Å². The van der Waals surface area contributed by atoms with Crippen LogP contribution in [0.4, 0.5) is 4.39 Å². The maximum Gasteiger partial charge on any atom is 0.126 e. The molecule has 31 heavy (non-hydrogen) atoms. The number of aryl methyl sites for hydroxylation is 1. The summed E-state index contributed by atoms with van der Waals surface area (Å²) in [5.74, 6) is 3.62. The summed E-state index contributed by atoms with van der Waals surface area (Å²) in [6, 6.07) is 24.3. The third kappa shape index (κ3) is 4.22. The van der Waals surface area contributed by atoms with Crippen LogP contribution in [0.3, 0.4) is 0 Å². The number of hydrogen-bond donors (Lipinski definition) is 0. The quantitative estimate of drug-likeness (QED) is 0.330. The van der Waals surface area contributed by atoms with Gasteiger partial charge in [-0.2, -0.15) is 11.8 Å². The maximum absolute atomic E-state index is 14.0.